The molecular formula is C9H10BrF2N. The molecule has 0 aliphatic heterocycles. The van der Waals surface area contributed by atoms with Gasteiger partial charge in [-0.15, -0.1) is 0 Å². The van der Waals surface area contributed by atoms with Gasteiger partial charge in [-0.05, 0) is 40.5 Å². The van der Waals surface area contributed by atoms with Gasteiger partial charge in [0.05, 0.1) is 11.1 Å². The summed E-state index contributed by atoms with van der Waals surface area (Å²) in [7, 11) is 0. The van der Waals surface area contributed by atoms with Crippen molar-refractivity contribution in [2.24, 2.45) is 0 Å². The van der Waals surface area contributed by atoms with Gasteiger partial charge in [0.2, 0.25) is 0 Å². The van der Waals surface area contributed by atoms with Gasteiger partial charge in [-0.2, -0.15) is 0 Å². The molecule has 0 aliphatic carbocycles. The molecule has 72 valence electrons. The molecule has 1 aromatic carbocycles. The van der Waals surface area contributed by atoms with Crippen molar-refractivity contribution in [3.8, 4) is 0 Å². The molecule has 1 N–H and O–H groups in total. The minimum Gasteiger partial charge on any atom is -0.385 e. The molecule has 1 nitrogen and oxygen atoms in total. The van der Waals surface area contributed by atoms with Crippen molar-refractivity contribution in [2.75, 3.05) is 18.5 Å². The second-order valence-corrected chi connectivity index (χ2v) is 3.45. The minimum atomic E-state index is -0.355. The van der Waals surface area contributed by atoms with Gasteiger partial charge in [0.1, 0.15) is 5.82 Å². The molecule has 0 fully saturated rings. The molecule has 13 heavy (non-hydrogen) atoms. The Labute approximate surface area is 84.3 Å². The van der Waals surface area contributed by atoms with Crippen LogP contribution in [0.5, 0.6) is 0 Å². The van der Waals surface area contributed by atoms with E-state index in [2.05, 4.69) is 21.2 Å². The Morgan fingerprint density at radius 1 is 1.38 bits per heavy atom. The molecule has 0 heterocycles. The monoisotopic (exact) mass is 249 g/mol. The van der Waals surface area contributed by atoms with Gasteiger partial charge in [0.15, 0.2) is 0 Å². The van der Waals surface area contributed by atoms with E-state index < -0.39 is 0 Å². The number of halogens is 3. The summed E-state index contributed by atoms with van der Waals surface area (Å²) >= 11 is 3.05. The second-order valence-electron chi connectivity index (χ2n) is 2.60. The molecule has 0 amide bonds. The third kappa shape index (κ3) is 3.30. The van der Waals surface area contributed by atoms with Crippen molar-refractivity contribution in [1.29, 1.82) is 0 Å². The minimum absolute atomic E-state index is 0.315. The van der Waals surface area contributed by atoms with E-state index >= 15 is 0 Å². The third-order valence-corrected chi connectivity index (χ3v) is 2.20. The standard InChI is InChI=1S/C9H10BrF2N/c10-8-3-2-7(6-9(8)12)13-5-1-4-11/h2-3,6,13H,1,4-5H2. The Bertz CT molecular complexity index is 278. The number of benzene rings is 1. The molecule has 1 aromatic rings. The van der Waals surface area contributed by atoms with E-state index in [-0.39, 0.29) is 12.5 Å². The summed E-state index contributed by atoms with van der Waals surface area (Å²) in [5, 5.41) is 2.91. The van der Waals surface area contributed by atoms with Crippen LogP contribution < -0.4 is 5.32 Å². The fourth-order valence-corrected chi connectivity index (χ4v) is 1.15. The van der Waals surface area contributed by atoms with E-state index in [1.54, 1.807) is 12.1 Å². The maximum Gasteiger partial charge on any atom is 0.139 e. The quantitative estimate of drug-likeness (QED) is 0.808. The molecule has 4 heteroatoms. The zero-order valence-electron chi connectivity index (χ0n) is 6.99. The zero-order valence-corrected chi connectivity index (χ0v) is 8.57. The number of hydrogen-bond acceptors (Lipinski definition) is 1. The number of rotatable bonds is 4. The van der Waals surface area contributed by atoms with E-state index in [1.807, 2.05) is 0 Å². The summed E-state index contributed by atoms with van der Waals surface area (Å²) < 4.78 is 25.1. The number of hydrogen-bond donors (Lipinski definition) is 1. The second kappa shape index (κ2) is 5.17. The molecule has 0 bridgehead atoms. The van der Waals surface area contributed by atoms with E-state index in [0.717, 1.165) is 0 Å². The van der Waals surface area contributed by atoms with Gasteiger partial charge in [-0.25, -0.2) is 4.39 Å². The predicted octanol–water partition coefficient (Wildman–Crippen LogP) is 3.36. The van der Waals surface area contributed by atoms with Gasteiger partial charge >= 0.3 is 0 Å². The first-order valence-electron chi connectivity index (χ1n) is 3.99. The highest BCUT2D eigenvalue weighted by Crippen LogP contribution is 2.19. The molecular weight excluding hydrogens is 240 g/mol. The lowest BCUT2D eigenvalue weighted by Gasteiger charge is -2.04. The summed E-state index contributed by atoms with van der Waals surface area (Å²) in [6.07, 6.45) is 0.442. The number of nitrogens with one attached hydrogen (secondary N) is 1. The molecule has 0 spiro atoms. The lowest BCUT2D eigenvalue weighted by Crippen LogP contribution is -2.02. The number of anilines is 1. The van der Waals surface area contributed by atoms with Crippen molar-refractivity contribution >= 4 is 21.6 Å². The lowest BCUT2D eigenvalue weighted by molar-refractivity contribution is 0.481. The number of alkyl halides is 1. The first-order chi connectivity index (χ1) is 6.24. The molecule has 1 rings (SSSR count). The zero-order chi connectivity index (χ0) is 9.68. The first-order valence-corrected chi connectivity index (χ1v) is 4.78. The Balaban J connectivity index is 2.53. The van der Waals surface area contributed by atoms with Gasteiger partial charge in [-0.3, -0.25) is 4.39 Å². The molecule has 0 saturated carbocycles. The van der Waals surface area contributed by atoms with E-state index in [9.17, 15) is 8.78 Å². The average Bonchev–Trinajstić information content (AvgIpc) is 2.12. The lowest BCUT2D eigenvalue weighted by atomic mass is 10.3. The summed E-state index contributed by atoms with van der Waals surface area (Å²) in [5.41, 5.74) is 0.675. The highest BCUT2D eigenvalue weighted by atomic mass is 79.9. The summed E-state index contributed by atoms with van der Waals surface area (Å²) in [6, 6.07) is 4.74. The Kier molecular flexibility index (Phi) is 4.15. The Hall–Kier alpha value is -0.640. The topological polar surface area (TPSA) is 12.0 Å². The van der Waals surface area contributed by atoms with Crippen molar-refractivity contribution < 1.29 is 8.78 Å². The normalized spacial score (nSPS) is 10.1. The van der Waals surface area contributed by atoms with Crippen LogP contribution in [0.15, 0.2) is 22.7 Å². The SMILES string of the molecule is FCCCNc1ccc(Br)c(F)c1. The molecule has 0 saturated heterocycles. The molecule has 0 aromatic heterocycles. The summed E-state index contributed by atoms with van der Waals surface area (Å²) in [4.78, 5) is 0. The molecule has 0 unspecified atom stereocenters. The van der Waals surface area contributed by atoms with Crippen LogP contribution in [0.1, 0.15) is 6.42 Å². The molecule has 0 aliphatic rings. The van der Waals surface area contributed by atoms with Crippen LogP contribution in [-0.2, 0) is 0 Å². The van der Waals surface area contributed by atoms with Crippen LogP contribution in [0, 0.1) is 5.82 Å². The predicted molar refractivity (Wildman–Crippen MR) is 53.2 cm³/mol. The van der Waals surface area contributed by atoms with E-state index in [0.29, 0.717) is 23.1 Å². The summed E-state index contributed by atoms with van der Waals surface area (Å²) in [6.45, 7) is 0.170. The highest BCUT2D eigenvalue weighted by Gasteiger charge is 1.99. The van der Waals surface area contributed by atoms with Crippen molar-refractivity contribution in [3.05, 3.63) is 28.5 Å². The first kappa shape index (κ1) is 10.4. The maximum atomic E-state index is 12.9. The van der Waals surface area contributed by atoms with E-state index in [1.165, 1.54) is 6.07 Å². The third-order valence-electron chi connectivity index (χ3n) is 1.56. The smallest absolute Gasteiger partial charge is 0.139 e. The van der Waals surface area contributed by atoms with Gasteiger partial charge in [-0.1, -0.05) is 0 Å². The van der Waals surface area contributed by atoms with Crippen LogP contribution >= 0.6 is 15.9 Å². The van der Waals surface area contributed by atoms with Crippen LogP contribution in [0.25, 0.3) is 0 Å². The van der Waals surface area contributed by atoms with Crippen LogP contribution in [-0.4, -0.2) is 13.2 Å². The van der Waals surface area contributed by atoms with Crippen LogP contribution in [0.4, 0.5) is 14.5 Å². The largest absolute Gasteiger partial charge is 0.385 e. The van der Waals surface area contributed by atoms with Gasteiger partial charge in [0.25, 0.3) is 0 Å². The van der Waals surface area contributed by atoms with Gasteiger partial charge in [0, 0.05) is 12.2 Å². The Morgan fingerprint density at radius 3 is 2.77 bits per heavy atom. The Morgan fingerprint density at radius 2 is 2.15 bits per heavy atom. The van der Waals surface area contributed by atoms with E-state index in [4.69, 9.17) is 0 Å². The summed E-state index contributed by atoms with van der Waals surface area (Å²) in [5.74, 6) is -0.315. The van der Waals surface area contributed by atoms with Crippen molar-refractivity contribution in [1.82, 2.24) is 0 Å². The van der Waals surface area contributed by atoms with Crippen molar-refractivity contribution in [2.45, 2.75) is 6.42 Å². The molecule has 0 atom stereocenters. The molecule has 0 radical (unpaired) electrons. The highest BCUT2D eigenvalue weighted by molar-refractivity contribution is 9.10. The maximum absolute atomic E-state index is 12.9. The van der Waals surface area contributed by atoms with Gasteiger partial charge < -0.3 is 5.32 Å². The average molecular weight is 250 g/mol. The van der Waals surface area contributed by atoms with Crippen LogP contribution in [0.2, 0.25) is 0 Å². The fourth-order valence-electron chi connectivity index (χ4n) is 0.906. The fraction of sp³-hybridized carbons (Fsp3) is 0.333. The van der Waals surface area contributed by atoms with Crippen molar-refractivity contribution in [3.63, 3.8) is 0 Å². The van der Waals surface area contributed by atoms with Crippen LogP contribution in [0.3, 0.4) is 0 Å².